The number of piperidine rings is 1. The van der Waals surface area contributed by atoms with Crippen molar-refractivity contribution < 1.29 is 23.4 Å². The molecule has 1 aromatic rings. The second-order valence-electron chi connectivity index (χ2n) is 5.92. The number of hydrogen-bond donors (Lipinski definition) is 1. The highest BCUT2D eigenvalue weighted by molar-refractivity contribution is 5.70. The van der Waals surface area contributed by atoms with Gasteiger partial charge in [0.25, 0.3) is 6.43 Å². The van der Waals surface area contributed by atoms with Gasteiger partial charge >= 0.3 is 5.97 Å². The summed E-state index contributed by atoms with van der Waals surface area (Å²) in [5.41, 5.74) is 1.02. The number of benzene rings is 1. The van der Waals surface area contributed by atoms with Gasteiger partial charge in [0.2, 0.25) is 0 Å². The summed E-state index contributed by atoms with van der Waals surface area (Å²) in [6.45, 7) is 3.52. The van der Waals surface area contributed by atoms with Gasteiger partial charge in [0.05, 0.1) is 5.92 Å². The molecule has 1 aliphatic rings. The summed E-state index contributed by atoms with van der Waals surface area (Å²) >= 11 is 0. The van der Waals surface area contributed by atoms with E-state index in [4.69, 9.17) is 4.74 Å². The average Bonchev–Trinajstić information content (AvgIpc) is 2.46. The second kappa shape index (κ2) is 7.54. The lowest BCUT2D eigenvalue weighted by atomic mass is 9.90. The fourth-order valence-electron chi connectivity index (χ4n) is 2.88. The molecule has 1 heterocycles. The topological polar surface area (TPSA) is 49.8 Å². The Morgan fingerprint density at radius 1 is 1.36 bits per heavy atom. The number of halogens is 2. The van der Waals surface area contributed by atoms with E-state index in [1.807, 2.05) is 12.1 Å². The number of carboxylic acids is 1. The van der Waals surface area contributed by atoms with E-state index in [-0.39, 0.29) is 5.92 Å². The molecule has 2 atom stereocenters. The number of aliphatic carboxylic acids is 1. The van der Waals surface area contributed by atoms with Gasteiger partial charge in [-0.05, 0) is 30.0 Å². The van der Waals surface area contributed by atoms with Gasteiger partial charge in [-0.25, -0.2) is 8.78 Å². The molecule has 0 spiro atoms. The van der Waals surface area contributed by atoms with Gasteiger partial charge in [0.1, 0.15) is 12.4 Å². The molecule has 122 valence electrons. The SMILES string of the molecule is CC1CC(C(=O)O)CN(Cc2ccc(OCC(F)F)cc2)C1. The summed E-state index contributed by atoms with van der Waals surface area (Å²) in [5, 5.41) is 9.18. The molecule has 0 radical (unpaired) electrons. The van der Waals surface area contributed by atoms with Crippen molar-refractivity contribution in [1.29, 1.82) is 0 Å². The molecular formula is C16H21F2NO3. The highest BCUT2D eigenvalue weighted by Crippen LogP contribution is 2.24. The van der Waals surface area contributed by atoms with Crippen LogP contribution in [-0.4, -0.2) is 42.1 Å². The van der Waals surface area contributed by atoms with Crippen molar-refractivity contribution in [2.24, 2.45) is 11.8 Å². The molecule has 22 heavy (non-hydrogen) atoms. The van der Waals surface area contributed by atoms with Crippen LogP contribution in [0.5, 0.6) is 5.75 Å². The lowest BCUT2D eigenvalue weighted by Gasteiger charge is -2.34. The number of alkyl halides is 2. The van der Waals surface area contributed by atoms with E-state index in [1.54, 1.807) is 12.1 Å². The van der Waals surface area contributed by atoms with E-state index in [9.17, 15) is 18.7 Å². The summed E-state index contributed by atoms with van der Waals surface area (Å²) in [4.78, 5) is 13.3. The number of ether oxygens (including phenoxy) is 1. The summed E-state index contributed by atoms with van der Waals surface area (Å²) in [5.74, 6) is -0.298. The Bertz CT molecular complexity index is 493. The molecule has 0 saturated carbocycles. The van der Waals surface area contributed by atoms with Crippen LogP contribution in [0.4, 0.5) is 8.78 Å². The first-order valence-electron chi connectivity index (χ1n) is 7.39. The van der Waals surface area contributed by atoms with Gasteiger partial charge in [0, 0.05) is 19.6 Å². The smallest absolute Gasteiger partial charge is 0.307 e. The van der Waals surface area contributed by atoms with Crippen LogP contribution in [0.1, 0.15) is 18.9 Å². The summed E-state index contributed by atoms with van der Waals surface area (Å²) in [7, 11) is 0. The van der Waals surface area contributed by atoms with Crippen molar-refractivity contribution in [3.8, 4) is 5.75 Å². The summed E-state index contributed by atoms with van der Waals surface area (Å²) in [6, 6.07) is 6.99. The maximum Gasteiger partial charge on any atom is 0.307 e. The van der Waals surface area contributed by atoms with Crippen molar-refractivity contribution in [3.05, 3.63) is 29.8 Å². The molecule has 1 aliphatic heterocycles. The molecule has 1 N–H and O–H groups in total. The first-order chi connectivity index (χ1) is 10.4. The lowest BCUT2D eigenvalue weighted by molar-refractivity contribution is -0.144. The fraction of sp³-hybridized carbons (Fsp3) is 0.562. The van der Waals surface area contributed by atoms with Gasteiger partial charge in [-0.3, -0.25) is 9.69 Å². The molecular weight excluding hydrogens is 292 g/mol. The highest BCUT2D eigenvalue weighted by Gasteiger charge is 2.29. The Morgan fingerprint density at radius 2 is 2.05 bits per heavy atom. The quantitative estimate of drug-likeness (QED) is 0.877. The van der Waals surface area contributed by atoms with Gasteiger partial charge < -0.3 is 9.84 Å². The summed E-state index contributed by atoms with van der Waals surface area (Å²) < 4.78 is 29.1. The van der Waals surface area contributed by atoms with Gasteiger partial charge in [0.15, 0.2) is 0 Å². The fourth-order valence-corrected chi connectivity index (χ4v) is 2.88. The number of likely N-dealkylation sites (tertiary alicyclic amines) is 1. The van der Waals surface area contributed by atoms with Crippen molar-refractivity contribution in [1.82, 2.24) is 4.90 Å². The standard InChI is InChI=1S/C16H21F2NO3/c1-11-6-13(16(20)21)9-19(7-11)8-12-2-4-14(5-3-12)22-10-15(17)18/h2-5,11,13,15H,6-10H2,1H3,(H,20,21). The molecule has 1 saturated heterocycles. The average molecular weight is 313 g/mol. The van der Waals surface area contributed by atoms with E-state index in [0.29, 0.717) is 31.2 Å². The van der Waals surface area contributed by atoms with E-state index in [1.165, 1.54) is 0 Å². The minimum absolute atomic E-state index is 0.322. The van der Waals surface area contributed by atoms with Crippen LogP contribution in [0, 0.1) is 11.8 Å². The first-order valence-corrected chi connectivity index (χ1v) is 7.39. The zero-order chi connectivity index (χ0) is 16.1. The number of nitrogens with zero attached hydrogens (tertiary/aromatic N) is 1. The van der Waals surface area contributed by atoms with Crippen molar-refractivity contribution >= 4 is 5.97 Å². The predicted octanol–water partition coefficient (Wildman–Crippen LogP) is 2.87. The molecule has 0 aromatic heterocycles. The minimum atomic E-state index is -2.48. The monoisotopic (exact) mass is 313 g/mol. The molecule has 2 rings (SSSR count). The molecule has 1 fully saturated rings. The van der Waals surface area contributed by atoms with Crippen molar-refractivity contribution in [2.75, 3.05) is 19.7 Å². The van der Waals surface area contributed by atoms with Gasteiger partial charge in [-0.1, -0.05) is 19.1 Å². The molecule has 0 aliphatic carbocycles. The number of carbonyl (C=O) groups is 1. The van der Waals surface area contributed by atoms with Gasteiger partial charge in [-0.2, -0.15) is 0 Å². The number of rotatable bonds is 6. The van der Waals surface area contributed by atoms with Crippen molar-refractivity contribution in [2.45, 2.75) is 26.3 Å². The Morgan fingerprint density at radius 3 is 2.64 bits per heavy atom. The third kappa shape index (κ3) is 4.94. The van der Waals surface area contributed by atoms with Crippen LogP contribution in [0.15, 0.2) is 24.3 Å². The Labute approximate surface area is 128 Å². The predicted molar refractivity (Wildman–Crippen MR) is 78.1 cm³/mol. The van der Waals surface area contributed by atoms with E-state index < -0.39 is 19.0 Å². The van der Waals surface area contributed by atoms with Crippen molar-refractivity contribution in [3.63, 3.8) is 0 Å². The van der Waals surface area contributed by atoms with E-state index >= 15 is 0 Å². The largest absolute Gasteiger partial charge is 0.488 e. The van der Waals surface area contributed by atoms with Gasteiger partial charge in [-0.15, -0.1) is 0 Å². The molecule has 6 heteroatoms. The lowest BCUT2D eigenvalue weighted by Crippen LogP contribution is -2.41. The highest BCUT2D eigenvalue weighted by atomic mass is 19.3. The summed E-state index contributed by atoms with van der Waals surface area (Å²) in [6.07, 6.45) is -1.77. The molecule has 0 amide bonds. The van der Waals surface area contributed by atoms with Crippen LogP contribution >= 0.6 is 0 Å². The third-order valence-corrected chi connectivity index (χ3v) is 3.79. The van der Waals surface area contributed by atoms with Crippen LogP contribution < -0.4 is 4.74 Å². The number of hydrogen-bond acceptors (Lipinski definition) is 3. The molecule has 1 aromatic carbocycles. The molecule has 0 bridgehead atoms. The molecule has 4 nitrogen and oxygen atoms in total. The maximum absolute atomic E-state index is 12.1. The Balaban J connectivity index is 1.91. The zero-order valence-corrected chi connectivity index (χ0v) is 12.5. The van der Waals surface area contributed by atoms with E-state index in [2.05, 4.69) is 11.8 Å². The Hall–Kier alpha value is -1.69. The van der Waals surface area contributed by atoms with Crippen LogP contribution in [0.25, 0.3) is 0 Å². The van der Waals surface area contributed by atoms with Crippen LogP contribution in [0.2, 0.25) is 0 Å². The van der Waals surface area contributed by atoms with E-state index in [0.717, 1.165) is 12.1 Å². The Kier molecular flexibility index (Phi) is 5.71. The van der Waals surface area contributed by atoms with Crippen LogP contribution in [-0.2, 0) is 11.3 Å². The normalized spacial score (nSPS) is 22.7. The third-order valence-electron chi connectivity index (χ3n) is 3.79. The van der Waals surface area contributed by atoms with Crippen LogP contribution in [0.3, 0.4) is 0 Å². The first kappa shape index (κ1) is 16.7. The maximum atomic E-state index is 12.1. The minimum Gasteiger partial charge on any atom is -0.488 e. The number of carboxylic acid groups (broad SMARTS) is 1. The second-order valence-corrected chi connectivity index (χ2v) is 5.92. The molecule has 2 unspecified atom stereocenters. The zero-order valence-electron chi connectivity index (χ0n) is 12.5.